The summed E-state index contributed by atoms with van der Waals surface area (Å²) >= 11 is 0. The predicted molar refractivity (Wildman–Crippen MR) is 119 cm³/mol. The second kappa shape index (κ2) is 10.3. The minimum atomic E-state index is -0.147. The molecule has 1 amide bonds. The van der Waals surface area contributed by atoms with Gasteiger partial charge in [-0.2, -0.15) is 0 Å². The minimum absolute atomic E-state index is 0.0449. The molecule has 1 fully saturated rings. The van der Waals surface area contributed by atoms with Crippen molar-refractivity contribution in [1.82, 2.24) is 9.80 Å². The second-order valence-corrected chi connectivity index (χ2v) is 7.65. The summed E-state index contributed by atoms with van der Waals surface area (Å²) in [5.74, 6) is 0.957. The molecule has 1 heterocycles. The topological polar surface area (TPSA) is 48.1 Å². The third kappa shape index (κ3) is 6.21. The summed E-state index contributed by atoms with van der Waals surface area (Å²) in [5.41, 5.74) is 1.95. The van der Waals surface area contributed by atoms with E-state index in [1.54, 1.807) is 0 Å². The first-order chi connectivity index (χ1) is 14.0. The van der Waals surface area contributed by atoms with E-state index in [1.807, 2.05) is 80.5 Å². The van der Waals surface area contributed by atoms with Crippen LogP contribution in [0.25, 0.3) is 0 Å². The molecule has 0 radical (unpaired) electrons. The molecule has 3 rings (SSSR count). The van der Waals surface area contributed by atoms with E-state index in [0.717, 1.165) is 49.8 Å². The molecule has 2 aromatic carbocycles. The van der Waals surface area contributed by atoms with Crippen molar-refractivity contribution in [3.05, 3.63) is 54.6 Å². The van der Waals surface area contributed by atoms with Gasteiger partial charge < -0.3 is 15.0 Å². The zero-order chi connectivity index (χ0) is 20.6. The zero-order valence-electron chi connectivity index (χ0n) is 17.7. The van der Waals surface area contributed by atoms with E-state index in [4.69, 9.17) is 4.74 Å². The summed E-state index contributed by atoms with van der Waals surface area (Å²) in [6.07, 6.45) is 0. The SMILES string of the molecule is CC(C(=O)Nc1ccc(N(C)C)cc1)N1CCN(CCOc2ccccc2)CC1. The van der Waals surface area contributed by atoms with E-state index in [0.29, 0.717) is 6.61 Å². The van der Waals surface area contributed by atoms with Gasteiger partial charge in [-0.1, -0.05) is 18.2 Å². The number of amides is 1. The number of carbonyl (C=O) groups is 1. The normalized spacial score (nSPS) is 16.2. The number of ether oxygens (including phenoxy) is 1. The molecular formula is C23H32N4O2. The lowest BCUT2D eigenvalue weighted by molar-refractivity contribution is -0.121. The molecule has 1 N–H and O–H groups in total. The summed E-state index contributed by atoms with van der Waals surface area (Å²) in [7, 11) is 4.01. The van der Waals surface area contributed by atoms with Crippen LogP contribution in [0.4, 0.5) is 11.4 Å². The zero-order valence-corrected chi connectivity index (χ0v) is 17.7. The van der Waals surface area contributed by atoms with Crippen molar-refractivity contribution < 1.29 is 9.53 Å². The van der Waals surface area contributed by atoms with Gasteiger partial charge in [-0.25, -0.2) is 0 Å². The number of rotatable bonds is 8. The monoisotopic (exact) mass is 396 g/mol. The first-order valence-electron chi connectivity index (χ1n) is 10.3. The van der Waals surface area contributed by atoms with Gasteiger partial charge >= 0.3 is 0 Å². The third-order valence-corrected chi connectivity index (χ3v) is 5.40. The van der Waals surface area contributed by atoms with E-state index in [-0.39, 0.29) is 11.9 Å². The smallest absolute Gasteiger partial charge is 0.241 e. The predicted octanol–water partition coefficient (Wildman–Crippen LogP) is 2.78. The lowest BCUT2D eigenvalue weighted by Crippen LogP contribution is -2.53. The average molecular weight is 397 g/mol. The Hall–Kier alpha value is -2.57. The van der Waals surface area contributed by atoms with Crippen molar-refractivity contribution in [2.24, 2.45) is 0 Å². The molecule has 1 unspecified atom stereocenters. The maximum absolute atomic E-state index is 12.6. The van der Waals surface area contributed by atoms with Crippen LogP contribution < -0.4 is 15.0 Å². The maximum Gasteiger partial charge on any atom is 0.241 e. The highest BCUT2D eigenvalue weighted by atomic mass is 16.5. The van der Waals surface area contributed by atoms with E-state index >= 15 is 0 Å². The van der Waals surface area contributed by atoms with Crippen LogP contribution in [0, 0.1) is 0 Å². The number of carbonyl (C=O) groups excluding carboxylic acids is 1. The Morgan fingerprint density at radius 1 is 1.03 bits per heavy atom. The van der Waals surface area contributed by atoms with Crippen LogP contribution in [-0.4, -0.2) is 75.2 Å². The number of benzene rings is 2. The molecule has 0 aromatic heterocycles. The summed E-state index contributed by atoms with van der Waals surface area (Å²) in [5, 5.41) is 3.04. The Morgan fingerprint density at radius 3 is 2.31 bits per heavy atom. The number of hydrogen-bond acceptors (Lipinski definition) is 5. The summed E-state index contributed by atoms with van der Waals surface area (Å²) in [4.78, 5) is 19.3. The second-order valence-electron chi connectivity index (χ2n) is 7.65. The maximum atomic E-state index is 12.6. The van der Waals surface area contributed by atoms with Crippen LogP contribution in [0.3, 0.4) is 0 Å². The van der Waals surface area contributed by atoms with Crippen LogP contribution in [0.5, 0.6) is 5.75 Å². The van der Waals surface area contributed by atoms with Gasteiger partial charge in [0, 0.05) is 58.2 Å². The van der Waals surface area contributed by atoms with Crippen LogP contribution in [-0.2, 0) is 4.79 Å². The Kier molecular flexibility index (Phi) is 7.49. The number of piperazine rings is 1. The van der Waals surface area contributed by atoms with Gasteiger partial charge in [0.1, 0.15) is 12.4 Å². The van der Waals surface area contributed by atoms with Gasteiger partial charge in [-0.15, -0.1) is 0 Å². The molecule has 29 heavy (non-hydrogen) atoms. The number of anilines is 2. The minimum Gasteiger partial charge on any atom is -0.492 e. The van der Waals surface area contributed by atoms with Crippen LogP contribution in [0.1, 0.15) is 6.92 Å². The molecule has 156 valence electrons. The number of para-hydroxylation sites is 1. The van der Waals surface area contributed by atoms with Crippen molar-refractivity contribution in [2.75, 3.05) is 63.6 Å². The fraction of sp³-hybridized carbons (Fsp3) is 0.435. The Balaban J connectivity index is 1.39. The molecule has 1 atom stereocenters. The van der Waals surface area contributed by atoms with Crippen molar-refractivity contribution >= 4 is 17.3 Å². The largest absolute Gasteiger partial charge is 0.492 e. The van der Waals surface area contributed by atoms with Crippen molar-refractivity contribution in [3.63, 3.8) is 0 Å². The van der Waals surface area contributed by atoms with Crippen molar-refractivity contribution in [3.8, 4) is 5.75 Å². The van der Waals surface area contributed by atoms with Crippen LogP contribution >= 0.6 is 0 Å². The molecular weight excluding hydrogens is 364 g/mol. The number of nitrogens with one attached hydrogen (secondary N) is 1. The molecule has 6 nitrogen and oxygen atoms in total. The fourth-order valence-electron chi connectivity index (χ4n) is 3.44. The highest BCUT2D eigenvalue weighted by Gasteiger charge is 2.25. The summed E-state index contributed by atoms with van der Waals surface area (Å²) in [6, 6.07) is 17.7. The van der Waals surface area contributed by atoms with E-state index < -0.39 is 0 Å². The molecule has 0 bridgehead atoms. The highest BCUT2D eigenvalue weighted by molar-refractivity contribution is 5.94. The van der Waals surface area contributed by atoms with Crippen molar-refractivity contribution in [2.45, 2.75) is 13.0 Å². The first-order valence-corrected chi connectivity index (χ1v) is 10.3. The van der Waals surface area contributed by atoms with Gasteiger partial charge in [-0.05, 0) is 43.3 Å². The third-order valence-electron chi connectivity index (χ3n) is 5.40. The highest BCUT2D eigenvalue weighted by Crippen LogP contribution is 2.17. The Bertz CT molecular complexity index is 756. The van der Waals surface area contributed by atoms with Gasteiger partial charge in [-0.3, -0.25) is 14.6 Å². The molecule has 2 aromatic rings. The molecule has 0 aliphatic carbocycles. The van der Waals surface area contributed by atoms with Gasteiger partial charge in [0.05, 0.1) is 6.04 Å². The molecule has 1 aliphatic rings. The quantitative estimate of drug-likeness (QED) is 0.744. The summed E-state index contributed by atoms with van der Waals surface area (Å²) < 4.78 is 5.79. The standard InChI is InChI=1S/C23H32N4O2/c1-19(23(28)24-20-9-11-21(12-10-20)25(2)3)27-15-13-26(14-16-27)17-18-29-22-7-5-4-6-8-22/h4-12,19H,13-18H2,1-3H3,(H,24,28). The van der Waals surface area contributed by atoms with E-state index in [2.05, 4.69) is 15.1 Å². The van der Waals surface area contributed by atoms with Crippen LogP contribution in [0.2, 0.25) is 0 Å². The van der Waals surface area contributed by atoms with Crippen molar-refractivity contribution in [1.29, 1.82) is 0 Å². The number of hydrogen-bond donors (Lipinski definition) is 1. The van der Waals surface area contributed by atoms with Gasteiger partial charge in [0.15, 0.2) is 0 Å². The van der Waals surface area contributed by atoms with Crippen LogP contribution in [0.15, 0.2) is 54.6 Å². The van der Waals surface area contributed by atoms with Gasteiger partial charge in [0.2, 0.25) is 5.91 Å². The Morgan fingerprint density at radius 2 is 1.69 bits per heavy atom. The van der Waals surface area contributed by atoms with Gasteiger partial charge in [0.25, 0.3) is 0 Å². The molecule has 1 aliphatic heterocycles. The van der Waals surface area contributed by atoms with E-state index in [9.17, 15) is 4.79 Å². The average Bonchev–Trinajstić information content (AvgIpc) is 2.75. The first kappa shape index (κ1) is 21.1. The fourth-order valence-corrected chi connectivity index (χ4v) is 3.44. The molecule has 0 spiro atoms. The molecule has 1 saturated heterocycles. The molecule has 0 saturated carbocycles. The number of nitrogens with zero attached hydrogens (tertiary/aromatic N) is 3. The lowest BCUT2D eigenvalue weighted by atomic mass is 10.2. The lowest BCUT2D eigenvalue weighted by Gasteiger charge is -2.37. The van der Waals surface area contributed by atoms with E-state index in [1.165, 1.54) is 0 Å². The summed E-state index contributed by atoms with van der Waals surface area (Å²) in [6.45, 7) is 7.25. The molecule has 6 heteroatoms. The Labute approximate surface area is 174 Å².